The highest BCUT2D eigenvalue weighted by atomic mass is 19.4. The maximum Gasteiger partial charge on any atom is 0.435 e. The summed E-state index contributed by atoms with van der Waals surface area (Å²) in [4.78, 5) is 17.1. The van der Waals surface area contributed by atoms with Gasteiger partial charge in [0.05, 0.1) is 12.0 Å². The summed E-state index contributed by atoms with van der Waals surface area (Å²) in [5.74, 6) is -0.266. The summed E-state index contributed by atoms with van der Waals surface area (Å²) < 4.78 is 45.9. The van der Waals surface area contributed by atoms with E-state index in [1.165, 1.54) is 10.9 Å². The number of ether oxygens (including phenoxy) is 1. The number of aromatic nitrogens is 2. The second-order valence-electron chi connectivity index (χ2n) is 6.83. The SMILES string of the molecule is Cn1cnc(C(F)(F)F)c1C1CCN(C(=O)OC(C)(C)C)CC1. The van der Waals surface area contributed by atoms with Gasteiger partial charge < -0.3 is 14.2 Å². The first-order chi connectivity index (χ1) is 10.5. The molecule has 130 valence electrons. The van der Waals surface area contributed by atoms with Crippen molar-refractivity contribution in [2.75, 3.05) is 13.1 Å². The van der Waals surface area contributed by atoms with E-state index in [4.69, 9.17) is 4.74 Å². The Morgan fingerprint density at radius 1 is 1.26 bits per heavy atom. The van der Waals surface area contributed by atoms with Crippen LogP contribution in [-0.2, 0) is 18.0 Å². The molecular formula is C15H22F3N3O2. The lowest BCUT2D eigenvalue weighted by Crippen LogP contribution is -2.41. The van der Waals surface area contributed by atoms with E-state index in [1.807, 2.05) is 0 Å². The molecule has 1 saturated heterocycles. The Labute approximate surface area is 133 Å². The molecule has 0 aromatic carbocycles. The fraction of sp³-hybridized carbons (Fsp3) is 0.733. The van der Waals surface area contributed by atoms with Crippen molar-refractivity contribution in [1.29, 1.82) is 0 Å². The zero-order valence-electron chi connectivity index (χ0n) is 13.8. The Kier molecular flexibility index (Phi) is 4.64. The van der Waals surface area contributed by atoms with Crippen LogP contribution in [0.15, 0.2) is 6.33 Å². The number of carbonyl (C=O) groups is 1. The minimum atomic E-state index is -4.46. The molecule has 0 unspecified atom stereocenters. The van der Waals surface area contributed by atoms with E-state index in [1.54, 1.807) is 32.7 Å². The highest BCUT2D eigenvalue weighted by molar-refractivity contribution is 5.68. The van der Waals surface area contributed by atoms with Crippen molar-refractivity contribution in [2.24, 2.45) is 7.05 Å². The first-order valence-electron chi connectivity index (χ1n) is 7.55. The fourth-order valence-electron chi connectivity index (χ4n) is 2.80. The van der Waals surface area contributed by atoms with Crippen molar-refractivity contribution in [3.05, 3.63) is 17.7 Å². The molecule has 1 aromatic rings. The number of amides is 1. The van der Waals surface area contributed by atoms with Crippen LogP contribution in [0.5, 0.6) is 0 Å². The number of alkyl halides is 3. The largest absolute Gasteiger partial charge is 0.444 e. The highest BCUT2D eigenvalue weighted by Gasteiger charge is 2.40. The van der Waals surface area contributed by atoms with Crippen LogP contribution in [0.25, 0.3) is 0 Å². The number of imidazole rings is 1. The number of nitrogens with zero attached hydrogens (tertiary/aromatic N) is 3. The second kappa shape index (κ2) is 6.05. The van der Waals surface area contributed by atoms with Crippen molar-refractivity contribution >= 4 is 6.09 Å². The number of rotatable bonds is 1. The molecule has 0 spiro atoms. The molecule has 1 fully saturated rings. The lowest BCUT2D eigenvalue weighted by atomic mass is 9.92. The van der Waals surface area contributed by atoms with Gasteiger partial charge in [-0.1, -0.05) is 0 Å². The van der Waals surface area contributed by atoms with Gasteiger partial charge in [-0.3, -0.25) is 0 Å². The molecule has 0 atom stereocenters. The average Bonchev–Trinajstić information content (AvgIpc) is 2.79. The number of piperidine rings is 1. The highest BCUT2D eigenvalue weighted by Crippen LogP contribution is 2.37. The maximum atomic E-state index is 13.0. The van der Waals surface area contributed by atoms with Crippen LogP contribution in [0, 0.1) is 0 Å². The average molecular weight is 333 g/mol. The van der Waals surface area contributed by atoms with Gasteiger partial charge in [-0.25, -0.2) is 9.78 Å². The molecule has 5 nitrogen and oxygen atoms in total. The third-order valence-electron chi connectivity index (χ3n) is 3.78. The lowest BCUT2D eigenvalue weighted by Gasteiger charge is -2.33. The molecule has 8 heteroatoms. The summed E-state index contributed by atoms with van der Waals surface area (Å²) in [6, 6.07) is 0. The first kappa shape index (κ1) is 17.6. The predicted molar refractivity (Wildman–Crippen MR) is 78.0 cm³/mol. The summed E-state index contributed by atoms with van der Waals surface area (Å²) >= 11 is 0. The first-order valence-corrected chi connectivity index (χ1v) is 7.55. The molecule has 0 aliphatic carbocycles. The predicted octanol–water partition coefficient (Wildman–Crippen LogP) is 3.55. The Balaban J connectivity index is 2.06. The van der Waals surface area contributed by atoms with Crippen LogP contribution < -0.4 is 0 Å². The smallest absolute Gasteiger partial charge is 0.435 e. The zero-order chi connectivity index (χ0) is 17.4. The van der Waals surface area contributed by atoms with E-state index in [2.05, 4.69) is 4.98 Å². The summed E-state index contributed by atoms with van der Waals surface area (Å²) in [7, 11) is 1.57. The third-order valence-corrected chi connectivity index (χ3v) is 3.78. The fourth-order valence-corrected chi connectivity index (χ4v) is 2.80. The van der Waals surface area contributed by atoms with Crippen LogP contribution >= 0.6 is 0 Å². The summed E-state index contributed by atoms with van der Waals surface area (Å²) in [5, 5.41) is 0. The van der Waals surface area contributed by atoms with Crippen LogP contribution in [0.1, 0.15) is 50.9 Å². The van der Waals surface area contributed by atoms with Crippen LogP contribution in [0.3, 0.4) is 0 Å². The van der Waals surface area contributed by atoms with Crippen molar-refractivity contribution < 1.29 is 22.7 Å². The quantitative estimate of drug-likeness (QED) is 0.789. The Morgan fingerprint density at radius 2 is 1.83 bits per heavy atom. The van der Waals surface area contributed by atoms with Gasteiger partial charge in [0.2, 0.25) is 0 Å². The monoisotopic (exact) mass is 333 g/mol. The molecule has 0 N–H and O–H groups in total. The lowest BCUT2D eigenvalue weighted by molar-refractivity contribution is -0.142. The van der Waals surface area contributed by atoms with Gasteiger partial charge in [0, 0.05) is 26.1 Å². The van der Waals surface area contributed by atoms with E-state index in [9.17, 15) is 18.0 Å². The Bertz CT molecular complexity index is 568. The molecular weight excluding hydrogens is 311 g/mol. The van der Waals surface area contributed by atoms with Gasteiger partial charge in [0.1, 0.15) is 5.60 Å². The van der Waals surface area contributed by atoms with Crippen molar-refractivity contribution in [2.45, 2.75) is 51.3 Å². The minimum Gasteiger partial charge on any atom is -0.444 e. The molecule has 1 aliphatic rings. The maximum absolute atomic E-state index is 13.0. The van der Waals surface area contributed by atoms with E-state index in [0.717, 1.165) is 0 Å². The molecule has 0 bridgehead atoms. The van der Waals surface area contributed by atoms with Gasteiger partial charge in [0.15, 0.2) is 5.69 Å². The van der Waals surface area contributed by atoms with Gasteiger partial charge >= 0.3 is 12.3 Å². The van der Waals surface area contributed by atoms with E-state index < -0.39 is 23.6 Å². The second-order valence-corrected chi connectivity index (χ2v) is 6.83. The van der Waals surface area contributed by atoms with Crippen molar-refractivity contribution in [3.63, 3.8) is 0 Å². The molecule has 23 heavy (non-hydrogen) atoms. The van der Waals surface area contributed by atoms with Gasteiger partial charge in [-0.05, 0) is 33.6 Å². The number of likely N-dealkylation sites (tertiary alicyclic amines) is 1. The van der Waals surface area contributed by atoms with Gasteiger partial charge in [0.25, 0.3) is 0 Å². The van der Waals surface area contributed by atoms with E-state index in [-0.39, 0.29) is 11.6 Å². The Hall–Kier alpha value is -1.73. The molecule has 1 aliphatic heterocycles. The molecule has 2 heterocycles. The summed E-state index contributed by atoms with van der Waals surface area (Å²) in [5.41, 5.74) is -1.21. The molecule has 2 rings (SSSR count). The molecule has 1 aromatic heterocycles. The number of hydrogen-bond donors (Lipinski definition) is 0. The van der Waals surface area contributed by atoms with Crippen molar-refractivity contribution in [3.8, 4) is 0 Å². The minimum absolute atomic E-state index is 0.196. The molecule has 0 radical (unpaired) electrons. The van der Waals surface area contributed by atoms with Crippen LogP contribution in [0.4, 0.5) is 18.0 Å². The van der Waals surface area contributed by atoms with Crippen LogP contribution in [-0.4, -0.2) is 39.2 Å². The van der Waals surface area contributed by atoms with Crippen molar-refractivity contribution in [1.82, 2.24) is 14.5 Å². The molecule has 1 amide bonds. The summed E-state index contributed by atoms with van der Waals surface area (Å²) in [6.45, 7) is 6.10. The van der Waals surface area contributed by atoms with E-state index in [0.29, 0.717) is 25.9 Å². The van der Waals surface area contributed by atoms with Gasteiger partial charge in [-0.2, -0.15) is 13.2 Å². The van der Waals surface area contributed by atoms with E-state index >= 15 is 0 Å². The van der Waals surface area contributed by atoms with Gasteiger partial charge in [-0.15, -0.1) is 0 Å². The summed E-state index contributed by atoms with van der Waals surface area (Å²) in [6.07, 6.45) is -2.77. The molecule has 0 saturated carbocycles. The standard InChI is InChI=1S/C15H22F3N3O2/c1-14(2,3)23-13(22)21-7-5-10(6-8-21)11-12(15(16,17)18)19-9-20(11)4/h9-10H,5-8H2,1-4H3. The zero-order valence-corrected chi connectivity index (χ0v) is 13.8. The number of carbonyl (C=O) groups excluding carboxylic acids is 1. The normalized spacial score (nSPS) is 17.4. The Morgan fingerprint density at radius 3 is 2.30 bits per heavy atom. The number of aryl methyl sites for hydroxylation is 1. The third kappa shape index (κ3) is 4.17. The van der Waals surface area contributed by atoms with Crippen LogP contribution in [0.2, 0.25) is 0 Å². The number of hydrogen-bond acceptors (Lipinski definition) is 3. The number of halogens is 3. The topological polar surface area (TPSA) is 47.4 Å².